The molecule has 0 amide bonds. The van der Waals surface area contributed by atoms with E-state index in [0.29, 0.717) is 11.4 Å². The van der Waals surface area contributed by atoms with E-state index >= 15 is 0 Å². The molecule has 4 N–H and O–H groups in total. The van der Waals surface area contributed by atoms with Gasteiger partial charge in [-0.2, -0.15) is 4.98 Å². The van der Waals surface area contributed by atoms with Crippen LogP contribution < -0.4 is 16.6 Å². The van der Waals surface area contributed by atoms with Crippen LogP contribution in [0.3, 0.4) is 0 Å². The minimum absolute atomic E-state index is 0.322. The molecular formula is C11H21N5. The minimum atomic E-state index is 0.322. The van der Waals surface area contributed by atoms with Crippen LogP contribution in [0.25, 0.3) is 0 Å². The van der Waals surface area contributed by atoms with Crippen molar-refractivity contribution >= 4 is 11.8 Å². The zero-order valence-electron chi connectivity index (χ0n) is 10.5. The van der Waals surface area contributed by atoms with E-state index in [2.05, 4.69) is 41.5 Å². The average molecular weight is 223 g/mol. The monoisotopic (exact) mass is 223 g/mol. The average Bonchev–Trinajstić information content (AvgIpc) is 2.19. The molecule has 1 aromatic heterocycles. The minimum Gasteiger partial charge on any atom is -0.370 e. The van der Waals surface area contributed by atoms with E-state index in [1.54, 1.807) is 6.20 Å². The number of anilines is 2. The van der Waals surface area contributed by atoms with Crippen LogP contribution in [0.5, 0.6) is 0 Å². The standard InChI is InChI=1S/C11H21N5/c1-8-7-14-10(16-12)15-9(8)13-6-5-11(2,3)4/h7H,5-6,12H2,1-4H3,(H2,13,14,15,16). The molecule has 0 saturated heterocycles. The molecule has 0 bridgehead atoms. The number of hydrogen-bond donors (Lipinski definition) is 3. The number of aryl methyl sites for hydroxylation is 1. The second-order valence-electron chi connectivity index (χ2n) is 5.11. The van der Waals surface area contributed by atoms with E-state index < -0.39 is 0 Å². The molecule has 1 aromatic rings. The van der Waals surface area contributed by atoms with E-state index in [0.717, 1.165) is 24.3 Å². The van der Waals surface area contributed by atoms with Crippen molar-refractivity contribution < 1.29 is 0 Å². The molecule has 1 rings (SSSR count). The van der Waals surface area contributed by atoms with Crippen molar-refractivity contribution in [2.24, 2.45) is 11.3 Å². The fourth-order valence-corrected chi connectivity index (χ4v) is 1.25. The van der Waals surface area contributed by atoms with E-state index in [1.165, 1.54) is 0 Å². The molecule has 90 valence electrons. The lowest BCUT2D eigenvalue weighted by molar-refractivity contribution is 0.389. The summed E-state index contributed by atoms with van der Waals surface area (Å²) in [5, 5.41) is 3.30. The molecule has 0 aliphatic heterocycles. The largest absolute Gasteiger partial charge is 0.370 e. The molecule has 5 nitrogen and oxygen atoms in total. The highest BCUT2D eigenvalue weighted by Gasteiger charge is 2.10. The van der Waals surface area contributed by atoms with Crippen molar-refractivity contribution in [1.82, 2.24) is 9.97 Å². The van der Waals surface area contributed by atoms with Gasteiger partial charge < -0.3 is 5.32 Å². The van der Waals surface area contributed by atoms with E-state index in [-0.39, 0.29) is 0 Å². The Balaban J connectivity index is 2.59. The van der Waals surface area contributed by atoms with E-state index in [4.69, 9.17) is 5.84 Å². The predicted molar refractivity (Wildman–Crippen MR) is 67.1 cm³/mol. The fourth-order valence-electron chi connectivity index (χ4n) is 1.25. The summed E-state index contributed by atoms with van der Waals surface area (Å²) in [6.07, 6.45) is 2.84. The van der Waals surface area contributed by atoms with E-state index in [1.807, 2.05) is 6.92 Å². The molecule has 0 radical (unpaired) electrons. The number of nitrogens with one attached hydrogen (secondary N) is 2. The molecule has 0 atom stereocenters. The zero-order chi connectivity index (χ0) is 12.2. The molecular weight excluding hydrogens is 202 g/mol. The van der Waals surface area contributed by atoms with Crippen LogP contribution >= 0.6 is 0 Å². The summed E-state index contributed by atoms with van der Waals surface area (Å²) in [7, 11) is 0. The van der Waals surface area contributed by atoms with Crippen molar-refractivity contribution in [3.8, 4) is 0 Å². The van der Waals surface area contributed by atoms with E-state index in [9.17, 15) is 0 Å². The Morgan fingerprint density at radius 3 is 2.62 bits per heavy atom. The van der Waals surface area contributed by atoms with Crippen molar-refractivity contribution in [2.75, 3.05) is 17.3 Å². The van der Waals surface area contributed by atoms with Crippen LogP contribution in [0.2, 0.25) is 0 Å². The Morgan fingerprint density at radius 2 is 2.06 bits per heavy atom. The number of nitrogen functional groups attached to an aromatic ring is 1. The number of rotatable bonds is 4. The first-order valence-corrected chi connectivity index (χ1v) is 5.46. The molecule has 0 aliphatic rings. The van der Waals surface area contributed by atoms with Gasteiger partial charge >= 0.3 is 0 Å². The Bertz CT molecular complexity index is 343. The molecule has 0 saturated carbocycles. The molecule has 16 heavy (non-hydrogen) atoms. The summed E-state index contributed by atoms with van der Waals surface area (Å²) >= 11 is 0. The number of hydrazine groups is 1. The smallest absolute Gasteiger partial charge is 0.239 e. The Hall–Kier alpha value is -1.36. The summed E-state index contributed by atoms with van der Waals surface area (Å²) in [5.74, 6) is 6.54. The van der Waals surface area contributed by atoms with Gasteiger partial charge in [-0.3, -0.25) is 5.43 Å². The second-order valence-corrected chi connectivity index (χ2v) is 5.11. The molecule has 0 aromatic carbocycles. The summed E-state index contributed by atoms with van der Waals surface area (Å²) in [4.78, 5) is 8.28. The topological polar surface area (TPSA) is 75.9 Å². The van der Waals surface area contributed by atoms with Gasteiger partial charge in [0.1, 0.15) is 5.82 Å². The third kappa shape index (κ3) is 4.02. The van der Waals surface area contributed by atoms with Crippen LogP contribution in [0, 0.1) is 12.3 Å². The quantitative estimate of drug-likeness (QED) is 0.537. The first-order chi connectivity index (χ1) is 7.42. The van der Waals surface area contributed by atoms with Crippen LogP contribution in [-0.4, -0.2) is 16.5 Å². The summed E-state index contributed by atoms with van der Waals surface area (Å²) in [6, 6.07) is 0. The van der Waals surface area contributed by atoms with Crippen LogP contribution in [-0.2, 0) is 0 Å². The van der Waals surface area contributed by atoms with Gasteiger partial charge in [-0.25, -0.2) is 10.8 Å². The maximum Gasteiger partial charge on any atom is 0.239 e. The van der Waals surface area contributed by atoms with Crippen LogP contribution in [0.4, 0.5) is 11.8 Å². The van der Waals surface area contributed by atoms with Gasteiger partial charge in [-0.05, 0) is 18.8 Å². The van der Waals surface area contributed by atoms with Gasteiger partial charge in [0.2, 0.25) is 5.95 Å². The first-order valence-electron chi connectivity index (χ1n) is 5.46. The molecule has 1 heterocycles. The number of nitrogens with two attached hydrogens (primary N) is 1. The van der Waals surface area contributed by atoms with Crippen molar-refractivity contribution in [2.45, 2.75) is 34.1 Å². The van der Waals surface area contributed by atoms with Crippen molar-refractivity contribution in [3.63, 3.8) is 0 Å². The Labute approximate surface area is 96.8 Å². The predicted octanol–water partition coefficient (Wildman–Crippen LogP) is 1.92. The highest BCUT2D eigenvalue weighted by Crippen LogP contribution is 2.19. The third-order valence-electron chi connectivity index (χ3n) is 2.27. The van der Waals surface area contributed by atoms with Gasteiger partial charge in [0.05, 0.1) is 0 Å². The highest BCUT2D eigenvalue weighted by molar-refractivity contribution is 5.45. The van der Waals surface area contributed by atoms with Gasteiger partial charge in [0.15, 0.2) is 0 Å². The number of hydrogen-bond acceptors (Lipinski definition) is 5. The number of aromatic nitrogens is 2. The SMILES string of the molecule is Cc1cnc(NN)nc1NCCC(C)(C)C. The van der Waals surface area contributed by atoms with Crippen molar-refractivity contribution in [1.29, 1.82) is 0 Å². The van der Waals surface area contributed by atoms with Crippen LogP contribution in [0.1, 0.15) is 32.8 Å². The number of nitrogens with zero attached hydrogens (tertiary/aromatic N) is 2. The van der Waals surface area contributed by atoms with Crippen LogP contribution in [0.15, 0.2) is 6.20 Å². The summed E-state index contributed by atoms with van der Waals surface area (Å²) in [5.41, 5.74) is 3.78. The molecule has 0 unspecified atom stereocenters. The van der Waals surface area contributed by atoms with Gasteiger partial charge in [-0.15, -0.1) is 0 Å². The lowest BCUT2D eigenvalue weighted by Gasteiger charge is -2.18. The first kappa shape index (κ1) is 12.7. The highest BCUT2D eigenvalue weighted by atomic mass is 15.3. The molecule has 0 spiro atoms. The fraction of sp³-hybridized carbons (Fsp3) is 0.636. The maximum absolute atomic E-state index is 5.26. The lowest BCUT2D eigenvalue weighted by atomic mass is 9.92. The normalized spacial score (nSPS) is 11.3. The van der Waals surface area contributed by atoms with Crippen molar-refractivity contribution in [3.05, 3.63) is 11.8 Å². The second kappa shape index (κ2) is 5.12. The Kier molecular flexibility index (Phi) is 4.06. The van der Waals surface area contributed by atoms with Gasteiger partial charge in [0, 0.05) is 18.3 Å². The van der Waals surface area contributed by atoms with Gasteiger partial charge in [0.25, 0.3) is 0 Å². The summed E-state index contributed by atoms with van der Waals surface area (Å²) < 4.78 is 0. The molecule has 0 fully saturated rings. The third-order valence-corrected chi connectivity index (χ3v) is 2.27. The van der Waals surface area contributed by atoms with Gasteiger partial charge in [-0.1, -0.05) is 20.8 Å². The molecule has 5 heteroatoms. The maximum atomic E-state index is 5.26. The molecule has 0 aliphatic carbocycles. The lowest BCUT2D eigenvalue weighted by Crippen LogP contribution is -2.16. The Morgan fingerprint density at radius 1 is 1.38 bits per heavy atom. The zero-order valence-corrected chi connectivity index (χ0v) is 10.5. The summed E-state index contributed by atoms with van der Waals surface area (Å²) in [6.45, 7) is 9.52.